The van der Waals surface area contributed by atoms with Gasteiger partial charge in [0.1, 0.15) is 0 Å². The standard InChI is InChI=1S/C65H43N5/c1-3-18-49-54-37-41-31-33-47(69-59-29-16-10-23-50(59)51-24-11-17-30-60(51)69)36-44(41)39-63(54)70(57(49)4-2)61-40-45(35-42-19-8-9-22-48(42)61)65-64(66-55-26-13-14-27-56(55)67-65)43-32-34-53-52-25-12-15-28-58(52)68(62(53)38-43)46-20-6-5-7-21-46/h3-40H,2H2,1H3/b18-3-. The number of hydrogen-bond acceptors (Lipinski definition) is 2. The molecule has 5 heteroatoms. The van der Waals surface area contributed by atoms with Gasteiger partial charge in [0.15, 0.2) is 0 Å². The lowest BCUT2D eigenvalue weighted by Gasteiger charge is -2.17. The monoisotopic (exact) mass is 893 g/mol. The van der Waals surface area contributed by atoms with Crippen molar-refractivity contribution in [3.8, 4) is 39.6 Å². The van der Waals surface area contributed by atoms with E-state index in [1.165, 1.54) is 38.0 Å². The number of allylic oxidation sites excluding steroid dienone is 1. The SMILES string of the molecule is C=Cc1c(/C=C\C)c2cc3ccc(-n4c5ccccc5c5ccccc54)cc3cc2n1-c1cc(-c2nc3ccccc3nc2-c2ccc3c4ccccc4n(-c4ccccc4)c3c2)cc2ccccc12. The van der Waals surface area contributed by atoms with E-state index in [1.54, 1.807) is 0 Å². The molecule has 0 atom stereocenters. The van der Waals surface area contributed by atoms with Crippen molar-refractivity contribution in [3.63, 3.8) is 0 Å². The molecule has 14 aromatic rings. The topological polar surface area (TPSA) is 40.6 Å². The zero-order chi connectivity index (χ0) is 46.5. The molecule has 4 heterocycles. The number of benzene rings is 10. The Bertz CT molecular complexity index is 4450. The molecule has 4 aromatic heterocycles. The van der Waals surface area contributed by atoms with Crippen molar-refractivity contribution in [2.45, 2.75) is 6.92 Å². The summed E-state index contributed by atoms with van der Waals surface area (Å²) in [6, 6.07) is 76.5. The van der Waals surface area contributed by atoms with E-state index in [0.717, 1.165) is 100.0 Å². The first-order valence-corrected chi connectivity index (χ1v) is 23.9. The summed E-state index contributed by atoms with van der Waals surface area (Å²) in [7, 11) is 0. The zero-order valence-electron chi connectivity index (χ0n) is 38.4. The minimum atomic E-state index is 0.819. The summed E-state index contributed by atoms with van der Waals surface area (Å²) in [4.78, 5) is 11.0. The maximum absolute atomic E-state index is 5.51. The highest BCUT2D eigenvalue weighted by Crippen LogP contribution is 2.42. The molecule has 328 valence electrons. The molecular formula is C65H43N5. The van der Waals surface area contributed by atoms with E-state index in [4.69, 9.17) is 9.97 Å². The molecule has 0 unspecified atom stereocenters. The van der Waals surface area contributed by atoms with Gasteiger partial charge < -0.3 is 13.7 Å². The third-order valence-electron chi connectivity index (χ3n) is 14.2. The normalized spacial score (nSPS) is 12.1. The molecule has 10 aromatic carbocycles. The number of aromatic nitrogens is 5. The van der Waals surface area contributed by atoms with Crippen LogP contribution in [-0.2, 0) is 0 Å². The van der Waals surface area contributed by atoms with Crippen molar-refractivity contribution in [2.75, 3.05) is 0 Å². The molecule has 0 bridgehead atoms. The molecule has 14 rings (SSSR count). The highest BCUT2D eigenvalue weighted by atomic mass is 15.0. The molecular weight excluding hydrogens is 851 g/mol. The van der Waals surface area contributed by atoms with Gasteiger partial charge in [0.2, 0.25) is 0 Å². The van der Waals surface area contributed by atoms with Gasteiger partial charge in [-0.25, -0.2) is 9.97 Å². The van der Waals surface area contributed by atoms with Crippen molar-refractivity contribution in [1.82, 2.24) is 23.7 Å². The second-order valence-electron chi connectivity index (χ2n) is 18.2. The van der Waals surface area contributed by atoms with Gasteiger partial charge in [0, 0.05) is 60.4 Å². The van der Waals surface area contributed by atoms with Gasteiger partial charge in [-0.2, -0.15) is 0 Å². The van der Waals surface area contributed by atoms with E-state index in [1.807, 2.05) is 18.2 Å². The molecule has 5 nitrogen and oxygen atoms in total. The fourth-order valence-electron chi connectivity index (χ4n) is 11.2. The van der Waals surface area contributed by atoms with Crippen LogP contribution in [0.25, 0.3) is 139 Å². The Hall–Kier alpha value is -9.32. The zero-order valence-corrected chi connectivity index (χ0v) is 38.4. The summed E-state index contributed by atoms with van der Waals surface area (Å²) < 4.78 is 7.17. The van der Waals surface area contributed by atoms with Crippen molar-refractivity contribution in [3.05, 3.63) is 236 Å². The van der Waals surface area contributed by atoms with Crippen molar-refractivity contribution in [1.29, 1.82) is 0 Å². The van der Waals surface area contributed by atoms with E-state index in [2.05, 4.69) is 240 Å². The smallest absolute Gasteiger partial charge is 0.0974 e. The maximum atomic E-state index is 5.51. The van der Waals surface area contributed by atoms with E-state index >= 15 is 0 Å². The fourth-order valence-corrected chi connectivity index (χ4v) is 11.2. The Balaban J connectivity index is 1.02. The number of rotatable bonds is 7. The first-order chi connectivity index (χ1) is 34.6. The van der Waals surface area contributed by atoms with Gasteiger partial charge in [-0.1, -0.05) is 146 Å². The molecule has 0 saturated carbocycles. The summed E-state index contributed by atoms with van der Waals surface area (Å²) in [5.74, 6) is 0. The molecule has 0 radical (unpaired) electrons. The van der Waals surface area contributed by atoms with Crippen LogP contribution < -0.4 is 0 Å². The minimum absolute atomic E-state index is 0.819. The first kappa shape index (κ1) is 39.8. The van der Waals surface area contributed by atoms with Gasteiger partial charge in [-0.05, 0) is 114 Å². The lowest BCUT2D eigenvalue weighted by Crippen LogP contribution is -2.01. The van der Waals surface area contributed by atoms with Gasteiger partial charge >= 0.3 is 0 Å². The molecule has 0 N–H and O–H groups in total. The maximum Gasteiger partial charge on any atom is 0.0974 e. The predicted octanol–water partition coefficient (Wildman–Crippen LogP) is 17.1. The summed E-state index contributed by atoms with van der Waals surface area (Å²) in [6.07, 6.45) is 6.35. The Morgan fingerprint density at radius 2 is 0.957 bits per heavy atom. The number of fused-ring (bicyclic) bond motifs is 10. The number of nitrogens with zero attached hydrogens (tertiary/aromatic N) is 5. The van der Waals surface area contributed by atoms with Crippen LogP contribution in [0.2, 0.25) is 0 Å². The molecule has 0 amide bonds. The summed E-state index contributed by atoms with van der Waals surface area (Å²) in [6.45, 7) is 6.55. The van der Waals surface area contributed by atoms with Crippen LogP contribution in [0.4, 0.5) is 0 Å². The van der Waals surface area contributed by atoms with Crippen molar-refractivity contribution in [2.24, 2.45) is 0 Å². The molecule has 0 saturated heterocycles. The van der Waals surface area contributed by atoms with E-state index in [9.17, 15) is 0 Å². The Labute approximate surface area is 403 Å². The highest BCUT2D eigenvalue weighted by Gasteiger charge is 2.23. The van der Waals surface area contributed by atoms with Crippen LogP contribution in [-0.4, -0.2) is 23.7 Å². The summed E-state index contributed by atoms with van der Waals surface area (Å²) in [5, 5.41) is 10.6. The molecule has 70 heavy (non-hydrogen) atoms. The van der Waals surface area contributed by atoms with Crippen molar-refractivity contribution >= 4 is 99.2 Å². The highest BCUT2D eigenvalue weighted by molar-refractivity contribution is 6.12. The Morgan fingerprint density at radius 3 is 1.63 bits per heavy atom. The molecule has 0 aliphatic carbocycles. The van der Waals surface area contributed by atoms with Crippen LogP contribution in [0.15, 0.2) is 225 Å². The molecule has 0 aliphatic rings. The van der Waals surface area contributed by atoms with Crippen LogP contribution >= 0.6 is 0 Å². The van der Waals surface area contributed by atoms with Gasteiger partial charge in [0.05, 0.1) is 61.4 Å². The molecule has 0 aliphatic heterocycles. The first-order valence-electron chi connectivity index (χ1n) is 23.9. The summed E-state index contributed by atoms with van der Waals surface area (Å²) >= 11 is 0. The predicted molar refractivity (Wildman–Crippen MR) is 296 cm³/mol. The average Bonchev–Trinajstić information content (AvgIpc) is 4.04. The Morgan fingerprint density at radius 1 is 0.386 bits per heavy atom. The average molecular weight is 894 g/mol. The lowest BCUT2D eigenvalue weighted by atomic mass is 9.98. The third kappa shape index (κ3) is 5.98. The van der Waals surface area contributed by atoms with E-state index in [0.29, 0.717) is 0 Å². The van der Waals surface area contributed by atoms with Crippen LogP contribution in [0.1, 0.15) is 18.2 Å². The second-order valence-corrected chi connectivity index (χ2v) is 18.2. The van der Waals surface area contributed by atoms with Crippen LogP contribution in [0.5, 0.6) is 0 Å². The fraction of sp³-hybridized carbons (Fsp3) is 0.0154. The van der Waals surface area contributed by atoms with Crippen LogP contribution in [0.3, 0.4) is 0 Å². The third-order valence-corrected chi connectivity index (χ3v) is 14.2. The summed E-state index contributed by atoms with van der Waals surface area (Å²) in [5.41, 5.74) is 16.5. The number of hydrogen-bond donors (Lipinski definition) is 0. The van der Waals surface area contributed by atoms with E-state index < -0.39 is 0 Å². The lowest BCUT2D eigenvalue weighted by molar-refractivity contribution is 1.12. The van der Waals surface area contributed by atoms with Gasteiger partial charge in [0.25, 0.3) is 0 Å². The quantitative estimate of drug-likeness (QED) is 0.160. The largest absolute Gasteiger partial charge is 0.309 e. The van der Waals surface area contributed by atoms with Gasteiger partial charge in [-0.15, -0.1) is 0 Å². The van der Waals surface area contributed by atoms with Gasteiger partial charge in [-0.3, -0.25) is 0 Å². The van der Waals surface area contributed by atoms with Crippen LogP contribution in [0, 0.1) is 0 Å². The number of para-hydroxylation sites is 6. The Kier molecular flexibility index (Phi) is 8.89. The second kappa shape index (κ2) is 15.6. The van der Waals surface area contributed by atoms with E-state index in [-0.39, 0.29) is 0 Å². The molecule has 0 spiro atoms. The minimum Gasteiger partial charge on any atom is -0.309 e. The van der Waals surface area contributed by atoms with Crippen molar-refractivity contribution < 1.29 is 0 Å². The molecule has 0 fully saturated rings.